The monoisotopic (exact) mass is 335 g/mol. The summed E-state index contributed by atoms with van der Waals surface area (Å²) in [6, 6.07) is 0.551. The van der Waals surface area contributed by atoms with Crippen LogP contribution in [0.5, 0.6) is 0 Å². The number of halogens is 2. The van der Waals surface area contributed by atoms with E-state index in [0.29, 0.717) is 10.4 Å². The Hall–Kier alpha value is -1.58. The van der Waals surface area contributed by atoms with Gasteiger partial charge in [-0.2, -0.15) is 4.31 Å². The molecule has 1 aromatic carbocycles. The third-order valence-electron chi connectivity index (χ3n) is 3.28. The van der Waals surface area contributed by atoms with Crippen LogP contribution in [0, 0.1) is 11.6 Å². The third-order valence-corrected chi connectivity index (χ3v) is 5.17. The Morgan fingerprint density at radius 2 is 2.05 bits per heavy atom. The number of carboxylic acid groups (broad SMARTS) is 1. The summed E-state index contributed by atoms with van der Waals surface area (Å²) in [5.41, 5.74) is -0.921. The Kier molecular flexibility index (Phi) is 4.24. The highest BCUT2D eigenvalue weighted by Crippen LogP contribution is 2.28. The first-order chi connectivity index (χ1) is 10.0. The second-order valence-electron chi connectivity index (χ2n) is 5.55. The SMILES string of the molecule is CC1(C)CN(S(=O)(=O)c2ccc(F)cc2F)C(C(=O)O)CO1. The molecule has 1 saturated heterocycles. The lowest BCUT2D eigenvalue weighted by Crippen LogP contribution is -2.58. The first-order valence-electron chi connectivity index (χ1n) is 6.38. The molecule has 1 atom stereocenters. The van der Waals surface area contributed by atoms with Crippen LogP contribution in [0.2, 0.25) is 0 Å². The zero-order chi connectivity index (χ0) is 16.7. The van der Waals surface area contributed by atoms with E-state index < -0.39 is 44.2 Å². The van der Waals surface area contributed by atoms with Gasteiger partial charge in [0.05, 0.1) is 12.2 Å². The summed E-state index contributed by atoms with van der Waals surface area (Å²) in [6.07, 6.45) is 0. The summed E-state index contributed by atoms with van der Waals surface area (Å²) in [7, 11) is -4.44. The Bertz CT molecular complexity index is 704. The highest BCUT2D eigenvalue weighted by Gasteiger charge is 2.45. The number of carbonyl (C=O) groups is 1. The van der Waals surface area contributed by atoms with Crippen molar-refractivity contribution in [2.24, 2.45) is 0 Å². The van der Waals surface area contributed by atoms with Crippen molar-refractivity contribution in [3.63, 3.8) is 0 Å². The first kappa shape index (κ1) is 16.8. The Labute approximate surface area is 126 Å². The van der Waals surface area contributed by atoms with E-state index in [1.54, 1.807) is 13.8 Å². The number of carboxylic acids is 1. The van der Waals surface area contributed by atoms with Gasteiger partial charge in [-0.1, -0.05) is 0 Å². The molecule has 22 heavy (non-hydrogen) atoms. The van der Waals surface area contributed by atoms with Crippen molar-refractivity contribution in [1.82, 2.24) is 4.31 Å². The van der Waals surface area contributed by atoms with Crippen LogP contribution in [0.25, 0.3) is 0 Å². The van der Waals surface area contributed by atoms with Gasteiger partial charge in [-0.05, 0) is 26.0 Å². The summed E-state index contributed by atoms with van der Waals surface area (Å²) in [4.78, 5) is 10.5. The van der Waals surface area contributed by atoms with Crippen molar-refractivity contribution in [1.29, 1.82) is 0 Å². The van der Waals surface area contributed by atoms with E-state index in [4.69, 9.17) is 9.84 Å². The molecule has 2 rings (SSSR count). The zero-order valence-electron chi connectivity index (χ0n) is 11.9. The van der Waals surface area contributed by atoms with E-state index in [9.17, 15) is 22.0 Å². The predicted octanol–water partition coefficient (Wildman–Crippen LogP) is 1.22. The Morgan fingerprint density at radius 3 is 2.59 bits per heavy atom. The molecule has 1 fully saturated rings. The molecule has 0 bridgehead atoms. The number of nitrogens with zero attached hydrogens (tertiary/aromatic N) is 1. The maximum atomic E-state index is 13.8. The maximum absolute atomic E-state index is 13.8. The third kappa shape index (κ3) is 3.11. The van der Waals surface area contributed by atoms with E-state index in [0.717, 1.165) is 12.1 Å². The lowest BCUT2D eigenvalue weighted by Gasteiger charge is -2.40. The molecule has 1 heterocycles. The van der Waals surface area contributed by atoms with Crippen molar-refractivity contribution >= 4 is 16.0 Å². The average Bonchev–Trinajstić information content (AvgIpc) is 2.36. The minimum Gasteiger partial charge on any atom is -0.480 e. The molecule has 0 aromatic heterocycles. The number of rotatable bonds is 3. The highest BCUT2D eigenvalue weighted by molar-refractivity contribution is 7.89. The number of benzene rings is 1. The Balaban J connectivity index is 2.50. The first-order valence-corrected chi connectivity index (χ1v) is 7.82. The maximum Gasteiger partial charge on any atom is 0.324 e. The summed E-state index contributed by atoms with van der Waals surface area (Å²) >= 11 is 0. The molecule has 1 aliphatic heterocycles. The minimum absolute atomic E-state index is 0.261. The molecular weight excluding hydrogens is 320 g/mol. The summed E-state index contributed by atoms with van der Waals surface area (Å²) in [5, 5.41) is 9.16. The van der Waals surface area contributed by atoms with Crippen LogP contribution < -0.4 is 0 Å². The van der Waals surface area contributed by atoms with E-state index in [2.05, 4.69) is 0 Å². The lowest BCUT2D eigenvalue weighted by atomic mass is 10.1. The summed E-state index contributed by atoms with van der Waals surface area (Å²) in [6.45, 7) is 2.57. The highest BCUT2D eigenvalue weighted by atomic mass is 32.2. The average molecular weight is 335 g/mol. The predicted molar refractivity (Wildman–Crippen MR) is 71.7 cm³/mol. The van der Waals surface area contributed by atoms with E-state index >= 15 is 0 Å². The molecule has 9 heteroatoms. The van der Waals surface area contributed by atoms with Crippen molar-refractivity contribution < 1.29 is 31.8 Å². The molecule has 0 aliphatic carbocycles. The van der Waals surface area contributed by atoms with Crippen LogP contribution in [0.1, 0.15) is 13.8 Å². The fourth-order valence-electron chi connectivity index (χ4n) is 2.18. The largest absolute Gasteiger partial charge is 0.480 e. The van der Waals surface area contributed by atoms with Gasteiger partial charge in [-0.25, -0.2) is 17.2 Å². The standard InChI is InChI=1S/C13H15F2NO5S/c1-13(2)7-16(10(6-21-13)12(17)18)22(19,20)11-4-3-8(14)5-9(11)15/h3-5,10H,6-7H2,1-2H3,(H,17,18). The molecule has 1 aromatic rings. The number of ether oxygens (including phenoxy) is 1. The second-order valence-corrected chi connectivity index (χ2v) is 7.41. The number of aliphatic carboxylic acids is 1. The summed E-state index contributed by atoms with van der Waals surface area (Å²) < 4.78 is 57.9. The molecule has 0 spiro atoms. The van der Waals surface area contributed by atoms with Crippen molar-refractivity contribution in [3.05, 3.63) is 29.8 Å². The van der Waals surface area contributed by atoms with Crippen LogP contribution in [-0.2, 0) is 19.6 Å². The molecule has 0 radical (unpaired) electrons. The van der Waals surface area contributed by atoms with Crippen LogP contribution in [-0.4, -0.2) is 48.6 Å². The van der Waals surface area contributed by atoms with Gasteiger partial charge >= 0.3 is 5.97 Å². The van der Waals surface area contributed by atoms with Crippen LogP contribution in [0.3, 0.4) is 0 Å². The molecule has 1 unspecified atom stereocenters. The van der Waals surface area contributed by atoms with Gasteiger partial charge in [-0.15, -0.1) is 0 Å². The normalized spacial score (nSPS) is 22.5. The van der Waals surface area contributed by atoms with Gasteiger partial charge in [0.1, 0.15) is 22.6 Å². The van der Waals surface area contributed by atoms with E-state index in [1.807, 2.05) is 0 Å². The van der Waals surface area contributed by atoms with Gasteiger partial charge in [0.2, 0.25) is 10.0 Å². The molecular formula is C13H15F2NO5S. The van der Waals surface area contributed by atoms with Crippen LogP contribution >= 0.6 is 0 Å². The van der Waals surface area contributed by atoms with Gasteiger partial charge in [-0.3, -0.25) is 4.79 Å². The summed E-state index contributed by atoms with van der Waals surface area (Å²) in [5.74, 6) is -3.59. The van der Waals surface area contributed by atoms with Gasteiger partial charge < -0.3 is 9.84 Å². The van der Waals surface area contributed by atoms with E-state index in [1.165, 1.54) is 0 Å². The van der Waals surface area contributed by atoms with E-state index in [-0.39, 0.29) is 13.2 Å². The molecule has 0 amide bonds. The molecule has 0 saturated carbocycles. The number of sulfonamides is 1. The fraction of sp³-hybridized carbons (Fsp3) is 0.462. The second kappa shape index (κ2) is 5.56. The minimum atomic E-state index is -4.44. The number of hydrogen-bond donors (Lipinski definition) is 1. The van der Waals surface area contributed by atoms with Crippen molar-refractivity contribution in [2.75, 3.05) is 13.2 Å². The van der Waals surface area contributed by atoms with Gasteiger partial charge in [0.15, 0.2) is 0 Å². The smallest absolute Gasteiger partial charge is 0.324 e. The van der Waals surface area contributed by atoms with Crippen molar-refractivity contribution in [2.45, 2.75) is 30.4 Å². The molecule has 1 N–H and O–H groups in total. The topological polar surface area (TPSA) is 83.9 Å². The van der Waals surface area contributed by atoms with Gasteiger partial charge in [0.25, 0.3) is 0 Å². The number of hydrogen-bond acceptors (Lipinski definition) is 4. The quantitative estimate of drug-likeness (QED) is 0.898. The molecule has 6 nitrogen and oxygen atoms in total. The van der Waals surface area contributed by atoms with Crippen LogP contribution in [0.15, 0.2) is 23.1 Å². The molecule has 1 aliphatic rings. The number of morpholine rings is 1. The lowest BCUT2D eigenvalue weighted by molar-refractivity contribution is -0.154. The van der Waals surface area contributed by atoms with Crippen molar-refractivity contribution in [3.8, 4) is 0 Å². The van der Waals surface area contributed by atoms with Gasteiger partial charge in [0, 0.05) is 12.6 Å². The molecule has 122 valence electrons. The zero-order valence-corrected chi connectivity index (χ0v) is 12.7. The van der Waals surface area contributed by atoms with Crippen LogP contribution in [0.4, 0.5) is 8.78 Å². The Morgan fingerprint density at radius 1 is 1.41 bits per heavy atom. The fourth-order valence-corrected chi connectivity index (χ4v) is 3.94.